The van der Waals surface area contributed by atoms with Crippen LogP contribution in [0.4, 0.5) is 11.4 Å². The summed E-state index contributed by atoms with van der Waals surface area (Å²) in [6.07, 6.45) is 6.33. The molecule has 0 saturated heterocycles. The molecule has 0 bridgehead atoms. The minimum atomic E-state index is -0.277. The fourth-order valence-electron chi connectivity index (χ4n) is 3.70. The summed E-state index contributed by atoms with van der Waals surface area (Å²) < 4.78 is 0. The van der Waals surface area contributed by atoms with E-state index in [-0.39, 0.29) is 11.0 Å². The number of para-hydroxylation sites is 2. The van der Waals surface area contributed by atoms with E-state index in [2.05, 4.69) is 91.8 Å². The fraction of sp³-hybridized carbons (Fsp3) is 0.286. The molecule has 0 spiro atoms. The largest absolute Gasteiger partial charge is 0.346 e. The first-order valence-corrected chi connectivity index (χ1v) is 8.45. The lowest BCUT2D eigenvalue weighted by atomic mass is 9.80. The molecule has 2 heterocycles. The number of rotatable bonds is 2. The van der Waals surface area contributed by atoms with Crippen molar-refractivity contribution in [2.24, 2.45) is 4.99 Å². The van der Waals surface area contributed by atoms with Crippen molar-refractivity contribution in [2.45, 2.75) is 31.7 Å². The molecule has 1 unspecified atom stereocenters. The fourth-order valence-corrected chi connectivity index (χ4v) is 3.70. The van der Waals surface area contributed by atoms with E-state index in [1.54, 1.807) is 0 Å². The number of fused-ring (bicyclic) bond motifs is 2. The Kier molecular flexibility index (Phi) is 3.27. The maximum Gasteiger partial charge on any atom is 0.104 e. The Hall–Kier alpha value is -2.55. The van der Waals surface area contributed by atoms with Gasteiger partial charge in [-0.25, -0.2) is 0 Å². The van der Waals surface area contributed by atoms with Gasteiger partial charge in [-0.05, 0) is 24.6 Å². The van der Waals surface area contributed by atoms with Crippen LogP contribution >= 0.6 is 0 Å². The Morgan fingerprint density at radius 3 is 2.50 bits per heavy atom. The van der Waals surface area contributed by atoms with Crippen molar-refractivity contribution in [1.82, 2.24) is 0 Å². The van der Waals surface area contributed by atoms with Crippen molar-refractivity contribution < 1.29 is 0 Å². The summed E-state index contributed by atoms with van der Waals surface area (Å²) in [5.41, 5.74) is 4.80. The van der Waals surface area contributed by atoms with Gasteiger partial charge in [0.05, 0.1) is 12.9 Å². The van der Waals surface area contributed by atoms with Crippen molar-refractivity contribution in [3.05, 3.63) is 71.9 Å². The zero-order valence-electron chi connectivity index (χ0n) is 14.5. The lowest BCUT2D eigenvalue weighted by molar-refractivity contribution is 0.499. The van der Waals surface area contributed by atoms with Gasteiger partial charge in [-0.2, -0.15) is 0 Å². The number of anilines is 2. The summed E-state index contributed by atoms with van der Waals surface area (Å²) in [5.74, 6) is 0. The molecule has 0 saturated carbocycles. The Morgan fingerprint density at radius 2 is 1.67 bits per heavy atom. The third-order valence-electron chi connectivity index (χ3n) is 5.13. The first-order valence-electron chi connectivity index (χ1n) is 8.45. The van der Waals surface area contributed by atoms with Gasteiger partial charge in [-0.3, -0.25) is 4.99 Å². The van der Waals surface area contributed by atoms with Gasteiger partial charge in [0.2, 0.25) is 0 Å². The van der Waals surface area contributed by atoms with E-state index in [0.29, 0.717) is 0 Å². The summed E-state index contributed by atoms with van der Waals surface area (Å²) in [6.45, 7) is 7.55. The molecule has 2 aliphatic heterocycles. The zero-order chi connectivity index (χ0) is 16.8. The molecule has 1 atom stereocenters. The van der Waals surface area contributed by atoms with Crippen molar-refractivity contribution in [1.29, 1.82) is 0 Å². The highest BCUT2D eigenvalue weighted by Crippen LogP contribution is 2.41. The van der Waals surface area contributed by atoms with E-state index >= 15 is 0 Å². The maximum atomic E-state index is 4.79. The van der Waals surface area contributed by atoms with Crippen molar-refractivity contribution >= 4 is 17.7 Å². The number of nitrogens with zero attached hydrogens (tertiary/aromatic N) is 2. The second kappa shape index (κ2) is 5.23. The predicted molar refractivity (Wildman–Crippen MR) is 102 cm³/mol. The average molecular weight is 317 g/mol. The summed E-state index contributed by atoms with van der Waals surface area (Å²) in [7, 11) is 0. The van der Waals surface area contributed by atoms with Crippen LogP contribution in [0.15, 0.2) is 65.8 Å². The molecule has 3 nitrogen and oxygen atoms in total. The van der Waals surface area contributed by atoms with E-state index in [1.807, 2.05) is 6.34 Å². The second-order valence-corrected chi connectivity index (χ2v) is 7.40. The molecule has 1 N–H and O–H groups in total. The van der Waals surface area contributed by atoms with Gasteiger partial charge in [-0.15, -0.1) is 0 Å². The number of benzene rings is 2. The van der Waals surface area contributed by atoms with Gasteiger partial charge in [-0.1, -0.05) is 56.3 Å². The van der Waals surface area contributed by atoms with Gasteiger partial charge in [0, 0.05) is 28.6 Å². The molecule has 2 aromatic rings. The van der Waals surface area contributed by atoms with Gasteiger partial charge >= 0.3 is 0 Å². The van der Waals surface area contributed by atoms with Crippen molar-refractivity contribution in [2.75, 3.05) is 16.8 Å². The number of nitrogens with one attached hydrogen (secondary N) is 1. The highest BCUT2D eigenvalue weighted by atomic mass is 15.2. The minimum absolute atomic E-state index is 0.0588. The molecule has 3 heteroatoms. The number of hydrogen-bond acceptors (Lipinski definition) is 3. The molecule has 24 heavy (non-hydrogen) atoms. The van der Waals surface area contributed by atoms with Crippen LogP contribution in [-0.2, 0) is 11.0 Å². The average Bonchev–Trinajstić information content (AvgIpc) is 2.58. The number of aliphatic imine (C=N–C) groups is 1. The lowest BCUT2D eigenvalue weighted by Gasteiger charge is -2.40. The van der Waals surface area contributed by atoms with Gasteiger partial charge in [0.1, 0.15) is 5.54 Å². The Balaban J connectivity index is 1.74. The summed E-state index contributed by atoms with van der Waals surface area (Å²) in [6, 6.07) is 17.1. The third-order valence-corrected chi connectivity index (χ3v) is 5.13. The van der Waals surface area contributed by atoms with Crippen LogP contribution in [0.1, 0.15) is 31.9 Å². The van der Waals surface area contributed by atoms with Crippen molar-refractivity contribution in [3.8, 4) is 0 Å². The van der Waals surface area contributed by atoms with E-state index in [0.717, 1.165) is 12.2 Å². The standard InChI is InChI=1S/C21H23N3/c1-20(2)12-13-24(19-11-7-5-9-17(19)20)14-21(3)16-8-4-6-10-18(16)22-15-23-21/h4-13,15H,14H2,1-3H3,(H,22,23). The predicted octanol–water partition coefficient (Wildman–Crippen LogP) is 4.67. The molecule has 0 aliphatic carbocycles. The smallest absolute Gasteiger partial charge is 0.104 e. The van der Waals surface area contributed by atoms with Gasteiger partial charge in [0.15, 0.2) is 0 Å². The molecule has 0 aromatic heterocycles. The number of hydrogen-bond donors (Lipinski definition) is 1. The molecule has 0 amide bonds. The second-order valence-electron chi connectivity index (χ2n) is 7.40. The van der Waals surface area contributed by atoms with Crippen LogP contribution in [0, 0.1) is 0 Å². The molecule has 2 aliphatic rings. The van der Waals surface area contributed by atoms with Crippen LogP contribution in [0.2, 0.25) is 0 Å². The van der Waals surface area contributed by atoms with Crippen LogP contribution in [0.3, 0.4) is 0 Å². The molecule has 0 fully saturated rings. The molecule has 4 rings (SSSR count). The normalized spacial score (nSPS) is 23.4. The van der Waals surface area contributed by atoms with Gasteiger partial charge in [0.25, 0.3) is 0 Å². The Bertz CT molecular complexity index is 834. The van der Waals surface area contributed by atoms with E-state index < -0.39 is 0 Å². The van der Waals surface area contributed by atoms with E-state index in [4.69, 9.17) is 4.99 Å². The molecular weight excluding hydrogens is 294 g/mol. The monoisotopic (exact) mass is 317 g/mol. The van der Waals surface area contributed by atoms with Crippen LogP contribution in [0.25, 0.3) is 0 Å². The van der Waals surface area contributed by atoms with Gasteiger partial charge < -0.3 is 10.2 Å². The molecule has 2 aromatic carbocycles. The summed E-state index contributed by atoms with van der Waals surface area (Å²) >= 11 is 0. The first-order chi connectivity index (χ1) is 11.5. The molecular formula is C21H23N3. The van der Waals surface area contributed by atoms with E-state index in [1.165, 1.54) is 16.8 Å². The lowest BCUT2D eigenvalue weighted by Crippen LogP contribution is -2.40. The number of allylic oxidation sites excluding steroid dienone is 1. The van der Waals surface area contributed by atoms with Crippen molar-refractivity contribution in [3.63, 3.8) is 0 Å². The van der Waals surface area contributed by atoms with Crippen LogP contribution < -0.4 is 10.2 Å². The first kappa shape index (κ1) is 15.0. The SMILES string of the molecule is CC1(C)C=CN(CC2(C)N=CNc3ccccc32)c2ccccc21. The zero-order valence-corrected chi connectivity index (χ0v) is 14.5. The molecule has 122 valence electrons. The topological polar surface area (TPSA) is 27.6 Å². The Morgan fingerprint density at radius 1 is 0.958 bits per heavy atom. The highest BCUT2D eigenvalue weighted by molar-refractivity contribution is 5.81. The van der Waals surface area contributed by atoms with E-state index in [9.17, 15) is 0 Å². The minimum Gasteiger partial charge on any atom is -0.346 e. The van der Waals surface area contributed by atoms with Crippen LogP contribution in [0.5, 0.6) is 0 Å². The quantitative estimate of drug-likeness (QED) is 0.872. The summed E-state index contributed by atoms with van der Waals surface area (Å²) in [4.78, 5) is 7.13. The van der Waals surface area contributed by atoms with Crippen LogP contribution in [-0.4, -0.2) is 12.9 Å². The maximum absolute atomic E-state index is 4.79. The Labute approximate surface area is 143 Å². The summed E-state index contributed by atoms with van der Waals surface area (Å²) in [5, 5.41) is 3.26. The third kappa shape index (κ3) is 2.32. The highest BCUT2D eigenvalue weighted by Gasteiger charge is 2.35. The molecule has 0 radical (unpaired) electrons.